The zero-order valence-corrected chi connectivity index (χ0v) is 11.9. The Morgan fingerprint density at radius 1 is 1.62 bits per heavy atom. The van der Waals surface area contributed by atoms with E-state index in [9.17, 15) is 8.42 Å². The van der Waals surface area contributed by atoms with Crippen molar-refractivity contribution in [2.24, 2.45) is 5.73 Å². The number of nitrogens with one attached hydrogen (secondary N) is 1. The molecule has 16 heavy (non-hydrogen) atoms. The molecule has 0 radical (unpaired) electrons. The van der Waals surface area contributed by atoms with Crippen LogP contribution in [0.4, 0.5) is 0 Å². The maximum Gasteiger partial charge on any atom is 0.244 e. The molecule has 0 atom stereocenters. The van der Waals surface area contributed by atoms with Crippen LogP contribution in [-0.4, -0.2) is 27.0 Å². The van der Waals surface area contributed by atoms with Crippen LogP contribution in [0.3, 0.4) is 0 Å². The van der Waals surface area contributed by atoms with E-state index in [0.717, 1.165) is 5.75 Å². The molecule has 5 nitrogen and oxygen atoms in total. The summed E-state index contributed by atoms with van der Waals surface area (Å²) in [7, 11) is -3.51. The average molecular weight is 329 g/mol. The number of halogens is 1. The highest BCUT2D eigenvalue weighted by molar-refractivity contribution is 9.10. The third-order valence-electron chi connectivity index (χ3n) is 1.80. The summed E-state index contributed by atoms with van der Waals surface area (Å²) >= 11 is 4.63. The fourth-order valence-corrected chi connectivity index (χ4v) is 3.50. The van der Waals surface area contributed by atoms with E-state index in [1.54, 1.807) is 11.8 Å². The molecule has 92 valence electrons. The monoisotopic (exact) mass is 328 g/mol. The fourth-order valence-electron chi connectivity index (χ4n) is 1.04. The average Bonchev–Trinajstić information content (AvgIpc) is 2.60. The maximum absolute atomic E-state index is 11.8. The number of furan rings is 1. The van der Waals surface area contributed by atoms with E-state index >= 15 is 0 Å². The topological polar surface area (TPSA) is 85.3 Å². The molecule has 0 saturated carbocycles. The van der Waals surface area contributed by atoms with Crippen LogP contribution in [0.2, 0.25) is 0 Å². The zero-order chi connectivity index (χ0) is 12.2. The molecule has 3 N–H and O–H groups in total. The van der Waals surface area contributed by atoms with Crippen molar-refractivity contribution in [1.82, 2.24) is 4.72 Å². The lowest BCUT2D eigenvalue weighted by Gasteiger charge is -2.03. The standard InChI is InChI=1S/C8H13BrN2O3S2/c1-15-3-2-11-16(12,13)7-4-6(5-10)14-8(7)9/h4,11H,2-3,5,10H2,1H3. The van der Waals surface area contributed by atoms with Crippen molar-refractivity contribution in [3.63, 3.8) is 0 Å². The zero-order valence-electron chi connectivity index (χ0n) is 8.70. The van der Waals surface area contributed by atoms with Crippen molar-refractivity contribution in [3.8, 4) is 0 Å². The summed E-state index contributed by atoms with van der Waals surface area (Å²) in [5.74, 6) is 1.15. The van der Waals surface area contributed by atoms with Crippen LogP contribution in [-0.2, 0) is 16.6 Å². The lowest BCUT2D eigenvalue weighted by molar-refractivity contribution is 0.483. The van der Waals surface area contributed by atoms with Crippen LogP contribution in [0.1, 0.15) is 5.76 Å². The van der Waals surface area contributed by atoms with Gasteiger partial charge in [-0.15, -0.1) is 0 Å². The lowest BCUT2D eigenvalue weighted by atomic mass is 10.5. The predicted octanol–water partition coefficient (Wildman–Crippen LogP) is 1.14. The second-order valence-corrected chi connectivity index (χ2v) is 6.39. The Hall–Kier alpha value is -0.0200. The quantitative estimate of drug-likeness (QED) is 0.765. The molecule has 0 aliphatic carbocycles. The van der Waals surface area contributed by atoms with Gasteiger partial charge < -0.3 is 10.2 Å². The van der Waals surface area contributed by atoms with E-state index in [4.69, 9.17) is 10.2 Å². The largest absolute Gasteiger partial charge is 0.452 e. The smallest absolute Gasteiger partial charge is 0.244 e. The van der Waals surface area contributed by atoms with Crippen LogP contribution in [0, 0.1) is 0 Å². The van der Waals surface area contributed by atoms with Gasteiger partial charge in [0.15, 0.2) is 4.67 Å². The van der Waals surface area contributed by atoms with E-state index in [2.05, 4.69) is 20.7 Å². The van der Waals surface area contributed by atoms with Crippen LogP contribution in [0.5, 0.6) is 0 Å². The Morgan fingerprint density at radius 3 is 2.81 bits per heavy atom. The molecule has 0 unspecified atom stereocenters. The van der Waals surface area contributed by atoms with Gasteiger partial charge in [-0.25, -0.2) is 13.1 Å². The lowest BCUT2D eigenvalue weighted by Crippen LogP contribution is -2.25. The Labute approximate surface area is 107 Å². The van der Waals surface area contributed by atoms with Crippen LogP contribution < -0.4 is 10.5 Å². The normalized spacial score (nSPS) is 11.9. The van der Waals surface area contributed by atoms with Crippen molar-refractivity contribution < 1.29 is 12.8 Å². The molecule has 0 bridgehead atoms. The number of nitrogens with two attached hydrogens (primary N) is 1. The van der Waals surface area contributed by atoms with Gasteiger partial charge in [0.05, 0.1) is 6.54 Å². The van der Waals surface area contributed by atoms with Gasteiger partial charge in [-0.1, -0.05) is 0 Å². The van der Waals surface area contributed by atoms with Gasteiger partial charge >= 0.3 is 0 Å². The van der Waals surface area contributed by atoms with E-state index in [1.165, 1.54) is 6.07 Å². The van der Waals surface area contributed by atoms with Gasteiger partial charge in [0.25, 0.3) is 0 Å². The van der Waals surface area contributed by atoms with E-state index in [-0.39, 0.29) is 16.1 Å². The van der Waals surface area contributed by atoms with Gasteiger partial charge in [0.2, 0.25) is 10.0 Å². The molecule has 0 saturated heterocycles. The SMILES string of the molecule is CSCCNS(=O)(=O)c1cc(CN)oc1Br. The third kappa shape index (κ3) is 3.49. The van der Waals surface area contributed by atoms with Crippen molar-refractivity contribution in [2.75, 3.05) is 18.6 Å². The fraction of sp³-hybridized carbons (Fsp3) is 0.500. The first-order valence-corrected chi connectivity index (χ1v) is 8.15. The number of hydrogen-bond donors (Lipinski definition) is 2. The third-order valence-corrected chi connectivity index (χ3v) is 4.73. The molecule has 1 aromatic rings. The summed E-state index contributed by atoms with van der Waals surface area (Å²) in [5.41, 5.74) is 5.36. The van der Waals surface area contributed by atoms with Gasteiger partial charge in [-0.3, -0.25) is 0 Å². The summed E-state index contributed by atoms with van der Waals surface area (Å²) in [6, 6.07) is 1.42. The second-order valence-electron chi connectivity index (χ2n) is 2.95. The molecule has 1 aromatic heterocycles. The molecular formula is C8H13BrN2O3S2. The molecule has 0 aromatic carbocycles. The van der Waals surface area contributed by atoms with E-state index in [1.807, 2.05) is 6.26 Å². The summed E-state index contributed by atoms with van der Waals surface area (Å²) in [5, 5.41) is 0. The summed E-state index contributed by atoms with van der Waals surface area (Å²) in [6.07, 6.45) is 1.91. The Kier molecular flexibility index (Phi) is 5.32. The number of hydrogen-bond acceptors (Lipinski definition) is 5. The van der Waals surface area contributed by atoms with E-state index < -0.39 is 10.0 Å². The first-order chi connectivity index (χ1) is 7.51. The molecule has 1 rings (SSSR count). The summed E-state index contributed by atoms with van der Waals surface area (Å²) in [4.78, 5) is 0.0917. The molecule has 0 fully saturated rings. The molecular weight excluding hydrogens is 316 g/mol. The van der Waals surface area contributed by atoms with E-state index in [0.29, 0.717) is 12.3 Å². The van der Waals surface area contributed by atoms with Crippen molar-refractivity contribution in [1.29, 1.82) is 0 Å². The number of sulfonamides is 1. The maximum atomic E-state index is 11.8. The van der Waals surface area contributed by atoms with Crippen molar-refractivity contribution in [3.05, 3.63) is 16.5 Å². The minimum Gasteiger partial charge on any atom is -0.452 e. The predicted molar refractivity (Wildman–Crippen MR) is 67.9 cm³/mol. The highest BCUT2D eigenvalue weighted by Crippen LogP contribution is 2.25. The Balaban J connectivity index is 2.85. The highest BCUT2D eigenvalue weighted by atomic mass is 79.9. The van der Waals surface area contributed by atoms with Gasteiger partial charge in [0, 0.05) is 18.4 Å². The van der Waals surface area contributed by atoms with Gasteiger partial charge in [-0.05, 0) is 22.2 Å². The number of thioether (sulfide) groups is 1. The minimum atomic E-state index is -3.51. The Bertz CT molecular complexity index is 444. The number of rotatable bonds is 6. The van der Waals surface area contributed by atoms with Crippen LogP contribution in [0.25, 0.3) is 0 Å². The molecule has 8 heteroatoms. The van der Waals surface area contributed by atoms with Crippen molar-refractivity contribution >= 4 is 37.7 Å². The molecule has 0 aliphatic heterocycles. The van der Waals surface area contributed by atoms with Gasteiger partial charge in [-0.2, -0.15) is 11.8 Å². The van der Waals surface area contributed by atoms with Crippen molar-refractivity contribution in [2.45, 2.75) is 11.4 Å². The van der Waals surface area contributed by atoms with Gasteiger partial charge in [0.1, 0.15) is 10.7 Å². The van der Waals surface area contributed by atoms with Crippen LogP contribution in [0.15, 0.2) is 20.0 Å². The minimum absolute atomic E-state index is 0.0917. The summed E-state index contributed by atoms with van der Waals surface area (Å²) < 4.78 is 31.4. The molecule has 0 amide bonds. The second kappa shape index (κ2) is 6.06. The van der Waals surface area contributed by atoms with Crippen LogP contribution >= 0.6 is 27.7 Å². The molecule has 0 spiro atoms. The first kappa shape index (κ1) is 14.0. The Morgan fingerprint density at radius 2 is 2.31 bits per heavy atom. The first-order valence-electron chi connectivity index (χ1n) is 4.48. The molecule has 1 heterocycles. The summed E-state index contributed by atoms with van der Waals surface area (Å²) in [6.45, 7) is 0.554. The molecule has 0 aliphatic rings. The highest BCUT2D eigenvalue weighted by Gasteiger charge is 2.21.